The molecule has 1 fully saturated rings. The average Bonchev–Trinajstić information content (AvgIpc) is 2.60. The monoisotopic (exact) mass is 226 g/mol. The summed E-state index contributed by atoms with van der Waals surface area (Å²) >= 11 is 5.47. The van der Waals surface area contributed by atoms with Crippen LogP contribution in [0.4, 0.5) is 13.2 Å². The maximum atomic E-state index is 12.4. The molecule has 1 saturated carbocycles. The van der Waals surface area contributed by atoms with E-state index in [-0.39, 0.29) is 10.8 Å². The van der Waals surface area contributed by atoms with Crippen molar-refractivity contribution in [3.05, 3.63) is 16.5 Å². The minimum Gasteiger partial charge on any atom is -0.343 e. The summed E-state index contributed by atoms with van der Waals surface area (Å²) < 4.78 is 41.5. The van der Waals surface area contributed by atoms with Gasteiger partial charge in [-0.3, -0.25) is 0 Å². The second kappa shape index (κ2) is 2.64. The largest absolute Gasteiger partial charge is 0.437 e. The van der Waals surface area contributed by atoms with Gasteiger partial charge in [0.05, 0.1) is 5.56 Å². The number of rotatable bonds is 1. The van der Waals surface area contributed by atoms with Crippen molar-refractivity contribution in [2.45, 2.75) is 24.6 Å². The first-order valence-corrected chi connectivity index (χ1v) is 4.24. The summed E-state index contributed by atoms with van der Waals surface area (Å²) in [6.07, 6.45) is -3.63. The fraction of sp³-hybridized carbons (Fsp3) is 0.571. The molecule has 1 aliphatic rings. The number of alkyl halides is 3. The lowest BCUT2D eigenvalue weighted by atomic mass is 10.1. The molecule has 0 aromatic carbocycles. The molecule has 14 heavy (non-hydrogen) atoms. The van der Waals surface area contributed by atoms with Gasteiger partial charge in [-0.05, 0) is 24.4 Å². The Balaban J connectivity index is 2.52. The zero-order valence-corrected chi connectivity index (χ0v) is 7.61. The number of aromatic nitrogens is 1. The van der Waals surface area contributed by atoms with Crippen molar-refractivity contribution < 1.29 is 17.7 Å². The van der Waals surface area contributed by atoms with E-state index in [1.54, 1.807) is 0 Å². The molecule has 3 nitrogen and oxygen atoms in total. The van der Waals surface area contributed by atoms with E-state index in [0.717, 1.165) is 0 Å². The molecule has 2 rings (SSSR count). The molecular weight excluding hydrogens is 221 g/mol. The van der Waals surface area contributed by atoms with E-state index >= 15 is 0 Å². The van der Waals surface area contributed by atoms with Crippen molar-refractivity contribution in [1.29, 1.82) is 0 Å². The topological polar surface area (TPSA) is 52.0 Å². The zero-order chi connectivity index (χ0) is 10.6. The van der Waals surface area contributed by atoms with E-state index in [1.165, 1.54) is 0 Å². The van der Waals surface area contributed by atoms with Crippen LogP contribution in [0.5, 0.6) is 0 Å². The fourth-order valence-electron chi connectivity index (χ4n) is 1.28. The van der Waals surface area contributed by atoms with Crippen LogP contribution in [-0.2, 0) is 11.7 Å². The highest BCUT2D eigenvalue weighted by atomic mass is 35.5. The summed E-state index contributed by atoms with van der Waals surface area (Å²) in [5, 5.41) is 2.52. The molecule has 0 spiro atoms. The van der Waals surface area contributed by atoms with Gasteiger partial charge < -0.3 is 10.3 Å². The molecular formula is C7H6ClF3N2O. The van der Waals surface area contributed by atoms with Gasteiger partial charge in [-0.1, -0.05) is 5.16 Å². The molecule has 0 amide bonds. The van der Waals surface area contributed by atoms with Crippen LogP contribution in [0.25, 0.3) is 0 Å². The lowest BCUT2D eigenvalue weighted by molar-refractivity contribution is -0.143. The summed E-state index contributed by atoms with van der Waals surface area (Å²) in [6.45, 7) is 0. The summed E-state index contributed by atoms with van der Waals surface area (Å²) in [7, 11) is 0. The SMILES string of the molecule is NC1(c2c(C(F)(F)F)noc2Cl)CC1. The molecule has 1 heterocycles. The Labute approximate surface area is 82.0 Å². The van der Waals surface area contributed by atoms with Crippen molar-refractivity contribution in [3.63, 3.8) is 0 Å². The normalized spacial score (nSPS) is 19.8. The lowest BCUT2D eigenvalue weighted by Gasteiger charge is -2.09. The number of nitrogens with zero attached hydrogens (tertiary/aromatic N) is 1. The van der Waals surface area contributed by atoms with E-state index in [9.17, 15) is 13.2 Å². The first-order chi connectivity index (χ1) is 6.34. The fourth-order valence-corrected chi connectivity index (χ4v) is 1.59. The van der Waals surface area contributed by atoms with Crippen LogP contribution in [0.1, 0.15) is 24.1 Å². The predicted molar refractivity (Wildman–Crippen MR) is 41.6 cm³/mol. The molecule has 1 aliphatic carbocycles. The van der Waals surface area contributed by atoms with Gasteiger partial charge in [0, 0.05) is 5.54 Å². The minimum atomic E-state index is -4.57. The van der Waals surface area contributed by atoms with Gasteiger partial charge in [-0.2, -0.15) is 13.2 Å². The second-order valence-electron chi connectivity index (χ2n) is 3.33. The molecule has 1 aromatic rings. The van der Waals surface area contributed by atoms with E-state index < -0.39 is 17.4 Å². The van der Waals surface area contributed by atoms with Crippen LogP contribution in [0.3, 0.4) is 0 Å². The van der Waals surface area contributed by atoms with Crippen LogP contribution < -0.4 is 5.73 Å². The van der Waals surface area contributed by atoms with Crippen molar-refractivity contribution in [3.8, 4) is 0 Å². The Morgan fingerprint density at radius 1 is 1.43 bits per heavy atom. The molecule has 0 radical (unpaired) electrons. The quantitative estimate of drug-likeness (QED) is 0.799. The molecule has 78 valence electrons. The molecule has 7 heteroatoms. The Bertz CT molecular complexity index is 370. The molecule has 1 aromatic heterocycles. The van der Waals surface area contributed by atoms with Crippen LogP contribution in [0.2, 0.25) is 5.22 Å². The smallest absolute Gasteiger partial charge is 0.343 e. The molecule has 0 atom stereocenters. The average molecular weight is 227 g/mol. The van der Waals surface area contributed by atoms with Crippen LogP contribution >= 0.6 is 11.6 Å². The van der Waals surface area contributed by atoms with Crippen molar-refractivity contribution >= 4 is 11.6 Å². The molecule has 0 aliphatic heterocycles. The van der Waals surface area contributed by atoms with E-state index in [1.807, 2.05) is 0 Å². The summed E-state index contributed by atoms with van der Waals surface area (Å²) in [6, 6.07) is 0. The van der Waals surface area contributed by atoms with Crippen LogP contribution in [0.15, 0.2) is 4.52 Å². The third-order valence-corrected chi connectivity index (χ3v) is 2.46. The Hall–Kier alpha value is -0.750. The van der Waals surface area contributed by atoms with Gasteiger partial charge in [-0.25, -0.2) is 0 Å². The highest BCUT2D eigenvalue weighted by Gasteiger charge is 2.51. The van der Waals surface area contributed by atoms with Gasteiger partial charge in [0.25, 0.3) is 0 Å². The predicted octanol–water partition coefficient (Wildman–Crippen LogP) is 2.29. The number of hydrogen-bond acceptors (Lipinski definition) is 3. The van der Waals surface area contributed by atoms with Gasteiger partial charge in [0.2, 0.25) is 5.22 Å². The van der Waals surface area contributed by atoms with Gasteiger partial charge in [0.15, 0.2) is 5.69 Å². The maximum Gasteiger partial charge on any atom is 0.437 e. The summed E-state index contributed by atoms with van der Waals surface area (Å²) in [5.74, 6) is 0. The van der Waals surface area contributed by atoms with E-state index in [0.29, 0.717) is 12.8 Å². The standard InChI is InChI=1S/C7H6ClF3N2O/c8-5-3(6(12)1-2-6)4(13-14-5)7(9,10)11/h1-2,12H2. The highest BCUT2D eigenvalue weighted by molar-refractivity contribution is 6.29. The number of hydrogen-bond donors (Lipinski definition) is 1. The third-order valence-electron chi connectivity index (χ3n) is 2.21. The van der Waals surface area contributed by atoms with E-state index in [4.69, 9.17) is 17.3 Å². The summed E-state index contributed by atoms with van der Waals surface area (Å²) in [4.78, 5) is 0. The van der Waals surface area contributed by atoms with Crippen LogP contribution in [0, 0.1) is 0 Å². The van der Waals surface area contributed by atoms with Gasteiger partial charge in [-0.15, -0.1) is 0 Å². The Morgan fingerprint density at radius 2 is 2.00 bits per heavy atom. The molecule has 0 bridgehead atoms. The lowest BCUT2D eigenvalue weighted by Crippen LogP contribution is -2.23. The Morgan fingerprint density at radius 3 is 2.43 bits per heavy atom. The molecule has 0 unspecified atom stereocenters. The first-order valence-electron chi connectivity index (χ1n) is 3.86. The van der Waals surface area contributed by atoms with Crippen molar-refractivity contribution in [2.75, 3.05) is 0 Å². The summed E-state index contributed by atoms with van der Waals surface area (Å²) in [5.41, 5.74) is 3.30. The highest BCUT2D eigenvalue weighted by Crippen LogP contribution is 2.50. The Kier molecular flexibility index (Phi) is 1.84. The maximum absolute atomic E-state index is 12.4. The number of halogens is 4. The van der Waals surface area contributed by atoms with Crippen LogP contribution in [-0.4, -0.2) is 5.16 Å². The molecule has 2 N–H and O–H groups in total. The zero-order valence-electron chi connectivity index (χ0n) is 6.86. The molecule has 0 saturated heterocycles. The van der Waals surface area contributed by atoms with E-state index in [2.05, 4.69) is 9.68 Å². The van der Waals surface area contributed by atoms with Crippen molar-refractivity contribution in [2.24, 2.45) is 5.73 Å². The third kappa shape index (κ3) is 1.38. The second-order valence-corrected chi connectivity index (χ2v) is 3.68. The first kappa shape index (κ1) is 9.79. The minimum absolute atomic E-state index is 0.216. The van der Waals surface area contributed by atoms with Gasteiger partial charge >= 0.3 is 6.18 Å². The van der Waals surface area contributed by atoms with Crippen molar-refractivity contribution in [1.82, 2.24) is 5.16 Å². The van der Waals surface area contributed by atoms with Gasteiger partial charge in [0.1, 0.15) is 0 Å². The number of nitrogens with two attached hydrogens (primary N) is 1.